The SMILES string of the molecule is CCCc1cc(=O)[nH]c2nnc(SCc3ccccc3C(F)F)n12. The highest BCUT2D eigenvalue weighted by Crippen LogP contribution is 2.28. The first-order valence-electron chi connectivity index (χ1n) is 7.56. The molecule has 0 aliphatic rings. The molecule has 3 rings (SSSR count). The van der Waals surface area contributed by atoms with Gasteiger partial charge in [-0.25, -0.2) is 8.78 Å². The van der Waals surface area contributed by atoms with Crippen molar-refractivity contribution in [2.24, 2.45) is 0 Å². The fourth-order valence-corrected chi connectivity index (χ4v) is 3.51. The number of fused-ring (bicyclic) bond motifs is 1. The second kappa shape index (κ2) is 7.12. The smallest absolute Gasteiger partial charge is 0.264 e. The van der Waals surface area contributed by atoms with Crippen LogP contribution in [-0.2, 0) is 12.2 Å². The van der Waals surface area contributed by atoms with Crippen LogP contribution in [0.5, 0.6) is 0 Å². The monoisotopic (exact) mass is 350 g/mol. The maximum absolute atomic E-state index is 13.1. The Morgan fingerprint density at radius 3 is 2.83 bits per heavy atom. The molecule has 0 unspecified atom stereocenters. The minimum absolute atomic E-state index is 0.0287. The summed E-state index contributed by atoms with van der Waals surface area (Å²) in [5.74, 6) is 0.724. The van der Waals surface area contributed by atoms with E-state index in [2.05, 4.69) is 15.2 Å². The number of hydrogen-bond donors (Lipinski definition) is 1. The summed E-state index contributed by atoms with van der Waals surface area (Å²) >= 11 is 1.32. The number of halogens is 2. The Labute approximate surface area is 141 Å². The van der Waals surface area contributed by atoms with Gasteiger partial charge < -0.3 is 0 Å². The van der Waals surface area contributed by atoms with Crippen LogP contribution >= 0.6 is 11.8 Å². The average molecular weight is 350 g/mol. The Kier molecular flexibility index (Phi) is 4.94. The van der Waals surface area contributed by atoms with Crippen LogP contribution in [0.1, 0.15) is 36.6 Å². The summed E-state index contributed by atoms with van der Waals surface area (Å²) in [6.07, 6.45) is -0.932. The van der Waals surface area contributed by atoms with E-state index in [9.17, 15) is 13.6 Å². The van der Waals surface area contributed by atoms with Crippen LogP contribution in [0.4, 0.5) is 8.78 Å². The quantitative estimate of drug-likeness (QED) is 0.690. The Morgan fingerprint density at radius 1 is 1.29 bits per heavy atom. The minimum atomic E-state index is -2.51. The first-order valence-corrected chi connectivity index (χ1v) is 8.54. The maximum Gasteiger partial charge on any atom is 0.264 e. The van der Waals surface area contributed by atoms with E-state index in [1.165, 1.54) is 23.9 Å². The molecular formula is C16H16F2N4OS. The molecule has 0 fully saturated rings. The van der Waals surface area contributed by atoms with E-state index >= 15 is 0 Å². The van der Waals surface area contributed by atoms with Crippen LogP contribution in [0, 0.1) is 0 Å². The topological polar surface area (TPSA) is 63.0 Å². The lowest BCUT2D eigenvalue weighted by Crippen LogP contribution is -2.12. The molecule has 8 heteroatoms. The van der Waals surface area contributed by atoms with Crippen molar-refractivity contribution in [1.29, 1.82) is 0 Å². The van der Waals surface area contributed by atoms with Gasteiger partial charge in [-0.15, -0.1) is 10.2 Å². The molecule has 0 radical (unpaired) electrons. The summed E-state index contributed by atoms with van der Waals surface area (Å²) in [6, 6.07) is 7.99. The van der Waals surface area contributed by atoms with Crippen molar-refractivity contribution >= 4 is 17.5 Å². The van der Waals surface area contributed by atoms with Crippen molar-refractivity contribution in [3.63, 3.8) is 0 Å². The predicted molar refractivity (Wildman–Crippen MR) is 88.6 cm³/mol. The lowest BCUT2D eigenvalue weighted by atomic mass is 10.1. The Hall–Kier alpha value is -2.22. The summed E-state index contributed by atoms with van der Waals surface area (Å²) in [5.41, 5.74) is 1.18. The highest BCUT2D eigenvalue weighted by Gasteiger charge is 2.15. The average Bonchev–Trinajstić information content (AvgIpc) is 2.96. The number of aryl methyl sites for hydroxylation is 1. The molecule has 126 valence electrons. The lowest BCUT2D eigenvalue weighted by molar-refractivity contribution is 0.150. The molecule has 0 spiro atoms. The van der Waals surface area contributed by atoms with Crippen LogP contribution in [0.15, 0.2) is 40.3 Å². The minimum Gasteiger partial charge on any atom is -0.291 e. The second-order valence-corrected chi connectivity index (χ2v) is 6.25. The largest absolute Gasteiger partial charge is 0.291 e. The molecule has 0 aliphatic carbocycles. The standard InChI is InChI=1S/C16H16F2N4OS/c1-2-5-11-8-13(23)19-15-20-21-16(22(11)15)24-9-10-6-3-4-7-12(10)14(17)18/h3-4,6-8,14H,2,5,9H2,1H3,(H,19,20,23). The molecule has 1 aromatic carbocycles. The summed E-state index contributed by atoms with van der Waals surface area (Å²) in [7, 11) is 0. The first-order chi connectivity index (χ1) is 11.6. The summed E-state index contributed by atoms with van der Waals surface area (Å²) in [4.78, 5) is 14.3. The third-order valence-electron chi connectivity index (χ3n) is 3.61. The van der Waals surface area contributed by atoms with E-state index in [0.29, 0.717) is 28.7 Å². The highest BCUT2D eigenvalue weighted by molar-refractivity contribution is 7.98. The number of nitrogens with one attached hydrogen (secondary N) is 1. The van der Waals surface area contributed by atoms with E-state index in [0.717, 1.165) is 12.1 Å². The lowest BCUT2D eigenvalue weighted by Gasteiger charge is -2.09. The van der Waals surface area contributed by atoms with Crippen LogP contribution in [0.2, 0.25) is 0 Å². The Balaban J connectivity index is 1.93. The molecule has 2 heterocycles. The highest BCUT2D eigenvalue weighted by atomic mass is 32.2. The van der Waals surface area contributed by atoms with Crippen molar-refractivity contribution in [2.75, 3.05) is 0 Å². The molecule has 3 aromatic rings. The Bertz CT molecular complexity index is 906. The van der Waals surface area contributed by atoms with Crippen molar-refractivity contribution in [3.05, 3.63) is 57.5 Å². The number of benzene rings is 1. The van der Waals surface area contributed by atoms with Crippen LogP contribution in [-0.4, -0.2) is 19.6 Å². The van der Waals surface area contributed by atoms with Gasteiger partial charge in [0.15, 0.2) is 5.16 Å². The number of aromatic nitrogens is 4. The normalized spacial score (nSPS) is 11.5. The van der Waals surface area contributed by atoms with Gasteiger partial charge in [0.1, 0.15) is 0 Å². The van der Waals surface area contributed by atoms with Gasteiger partial charge in [0.25, 0.3) is 12.0 Å². The molecule has 24 heavy (non-hydrogen) atoms. The fraction of sp³-hybridized carbons (Fsp3) is 0.312. The molecule has 0 bridgehead atoms. The van der Waals surface area contributed by atoms with Crippen LogP contribution < -0.4 is 5.56 Å². The molecular weight excluding hydrogens is 334 g/mol. The van der Waals surface area contributed by atoms with Crippen LogP contribution in [0.3, 0.4) is 0 Å². The third-order valence-corrected chi connectivity index (χ3v) is 4.58. The van der Waals surface area contributed by atoms with Gasteiger partial charge in [0.2, 0.25) is 5.78 Å². The van der Waals surface area contributed by atoms with Gasteiger partial charge in [-0.1, -0.05) is 49.4 Å². The summed E-state index contributed by atoms with van der Waals surface area (Å²) in [5, 5.41) is 8.65. The van der Waals surface area contributed by atoms with E-state index < -0.39 is 6.43 Å². The fourth-order valence-electron chi connectivity index (χ4n) is 2.53. The number of alkyl halides is 2. The third kappa shape index (κ3) is 3.33. The molecule has 0 atom stereocenters. The summed E-state index contributed by atoms with van der Waals surface area (Å²) < 4.78 is 27.9. The zero-order valence-corrected chi connectivity index (χ0v) is 13.8. The van der Waals surface area contributed by atoms with E-state index in [1.54, 1.807) is 22.6 Å². The molecule has 1 N–H and O–H groups in total. The van der Waals surface area contributed by atoms with Gasteiger partial charge in [-0.3, -0.25) is 14.2 Å². The van der Waals surface area contributed by atoms with E-state index in [4.69, 9.17) is 0 Å². The van der Waals surface area contributed by atoms with Crippen molar-refractivity contribution in [2.45, 2.75) is 37.1 Å². The number of thioether (sulfide) groups is 1. The maximum atomic E-state index is 13.1. The van der Waals surface area contributed by atoms with Gasteiger partial charge in [0.05, 0.1) is 0 Å². The number of H-pyrrole nitrogens is 1. The van der Waals surface area contributed by atoms with Gasteiger partial charge in [-0.2, -0.15) is 0 Å². The van der Waals surface area contributed by atoms with Gasteiger partial charge >= 0.3 is 0 Å². The predicted octanol–water partition coefficient (Wildman–Crippen LogP) is 3.60. The number of rotatable bonds is 6. The molecule has 5 nitrogen and oxygen atoms in total. The number of aromatic amines is 1. The Morgan fingerprint density at radius 2 is 2.08 bits per heavy atom. The molecule has 0 saturated carbocycles. The van der Waals surface area contributed by atoms with Crippen molar-refractivity contribution in [1.82, 2.24) is 19.6 Å². The van der Waals surface area contributed by atoms with Gasteiger partial charge in [-0.05, 0) is 12.0 Å². The van der Waals surface area contributed by atoms with Crippen molar-refractivity contribution in [3.8, 4) is 0 Å². The molecule has 0 saturated heterocycles. The summed E-state index contributed by atoms with van der Waals surface area (Å²) in [6.45, 7) is 2.02. The van der Waals surface area contributed by atoms with E-state index in [-0.39, 0.29) is 11.1 Å². The van der Waals surface area contributed by atoms with E-state index in [1.807, 2.05) is 6.92 Å². The first kappa shape index (κ1) is 16.6. The van der Waals surface area contributed by atoms with Gasteiger partial charge in [0, 0.05) is 23.1 Å². The van der Waals surface area contributed by atoms with Crippen LogP contribution in [0.25, 0.3) is 5.78 Å². The molecule has 0 aliphatic heterocycles. The molecule has 2 aromatic heterocycles. The zero-order chi connectivity index (χ0) is 17.1. The zero-order valence-electron chi connectivity index (χ0n) is 13.0. The number of nitrogens with zero attached hydrogens (tertiary/aromatic N) is 3. The number of hydrogen-bond acceptors (Lipinski definition) is 4. The van der Waals surface area contributed by atoms with Crippen molar-refractivity contribution < 1.29 is 8.78 Å². The second-order valence-electron chi connectivity index (χ2n) is 5.30. The molecule has 0 amide bonds.